The number of anilines is 2. The number of carbonyl (C=O) groups is 1. The van der Waals surface area contributed by atoms with Gasteiger partial charge in [0.05, 0.1) is 4.90 Å². The summed E-state index contributed by atoms with van der Waals surface area (Å²) in [7, 11) is -1.32. The number of carbonyl (C=O) groups excluding carboxylic acids is 1. The Labute approximate surface area is 132 Å². The molecule has 0 radical (unpaired) electrons. The fourth-order valence-corrected chi connectivity index (χ4v) is 3.62. The van der Waals surface area contributed by atoms with Crippen molar-refractivity contribution in [2.45, 2.75) is 24.7 Å². The molecule has 22 heavy (non-hydrogen) atoms. The molecule has 3 rings (SSSR count). The molecule has 0 saturated carbocycles. The largest absolute Gasteiger partial charge is 0.312 e. The average Bonchev–Trinajstić information content (AvgIpc) is 2.85. The van der Waals surface area contributed by atoms with E-state index in [1.807, 2.05) is 48.5 Å². The van der Waals surface area contributed by atoms with Crippen molar-refractivity contribution in [3.05, 3.63) is 54.1 Å². The van der Waals surface area contributed by atoms with Gasteiger partial charge in [-0.05, 0) is 35.9 Å². The standard InChI is InChI=1S/C17H18N2O2S/c1-12-11-19(13(2)20)17-9-8-15(10-16(12)17)22(21)18-14-6-4-3-5-7-14/h3-10,12,18H,11H2,1-2H3. The molecule has 2 unspecified atom stereocenters. The van der Waals surface area contributed by atoms with Crippen LogP contribution in [0.3, 0.4) is 0 Å². The van der Waals surface area contributed by atoms with Crippen molar-refractivity contribution in [3.8, 4) is 0 Å². The quantitative estimate of drug-likeness (QED) is 0.945. The molecule has 1 aliphatic heterocycles. The Balaban J connectivity index is 1.86. The maximum absolute atomic E-state index is 12.5. The Hall–Kier alpha value is -2.14. The zero-order valence-electron chi connectivity index (χ0n) is 12.6. The second-order valence-corrected chi connectivity index (χ2v) is 6.70. The number of amides is 1. The van der Waals surface area contributed by atoms with Gasteiger partial charge in [0.1, 0.15) is 11.0 Å². The highest BCUT2D eigenvalue weighted by Crippen LogP contribution is 2.37. The predicted molar refractivity (Wildman–Crippen MR) is 89.4 cm³/mol. The summed E-state index contributed by atoms with van der Waals surface area (Å²) in [5, 5.41) is 0. The SMILES string of the molecule is CC(=O)N1CC(C)c2cc(S(=O)Nc3ccccc3)ccc21. The molecule has 2 aromatic rings. The summed E-state index contributed by atoms with van der Waals surface area (Å²) in [6.07, 6.45) is 0. The van der Waals surface area contributed by atoms with E-state index < -0.39 is 11.0 Å². The summed E-state index contributed by atoms with van der Waals surface area (Å²) in [5.74, 6) is 0.300. The minimum atomic E-state index is -1.32. The van der Waals surface area contributed by atoms with Crippen molar-refractivity contribution >= 4 is 28.3 Å². The van der Waals surface area contributed by atoms with E-state index in [0.29, 0.717) is 6.54 Å². The molecule has 1 heterocycles. The van der Waals surface area contributed by atoms with Gasteiger partial charge in [0.15, 0.2) is 0 Å². The molecular weight excluding hydrogens is 296 g/mol. The molecule has 114 valence electrons. The van der Waals surface area contributed by atoms with E-state index in [4.69, 9.17) is 0 Å². The highest BCUT2D eigenvalue weighted by molar-refractivity contribution is 7.86. The Morgan fingerprint density at radius 3 is 2.64 bits per heavy atom. The lowest BCUT2D eigenvalue weighted by Gasteiger charge is -2.15. The lowest BCUT2D eigenvalue weighted by Crippen LogP contribution is -2.26. The van der Waals surface area contributed by atoms with Crippen molar-refractivity contribution in [1.82, 2.24) is 0 Å². The van der Waals surface area contributed by atoms with Gasteiger partial charge in [-0.2, -0.15) is 0 Å². The van der Waals surface area contributed by atoms with Gasteiger partial charge in [0, 0.05) is 30.8 Å². The topological polar surface area (TPSA) is 49.4 Å². The average molecular weight is 314 g/mol. The molecular formula is C17H18N2O2S. The second kappa shape index (κ2) is 5.93. The number of hydrogen-bond acceptors (Lipinski definition) is 2. The van der Waals surface area contributed by atoms with Gasteiger partial charge < -0.3 is 9.62 Å². The first-order chi connectivity index (χ1) is 10.6. The summed E-state index contributed by atoms with van der Waals surface area (Å²) < 4.78 is 15.4. The van der Waals surface area contributed by atoms with E-state index in [1.165, 1.54) is 0 Å². The normalized spacial score (nSPS) is 17.9. The van der Waals surface area contributed by atoms with E-state index in [1.54, 1.807) is 11.8 Å². The van der Waals surface area contributed by atoms with Crippen LogP contribution in [0.25, 0.3) is 0 Å². The van der Waals surface area contributed by atoms with Gasteiger partial charge in [0.2, 0.25) is 5.91 Å². The van der Waals surface area contributed by atoms with Crippen molar-refractivity contribution in [2.75, 3.05) is 16.2 Å². The van der Waals surface area contributed by atoms with E-state index in [9.17, 15) is 9.00 Å². The van der Waals surface area contributed by atoms with E-state index in [2.05, 4.69) is 11.6 Å². The third-order valence-corrected chi connectivity index (χ3v) is 4.96. The smallest absolute Gasteiger partial charge is 0.223 e. The molecule has 4 nitrogen and oxygen atoms in total. The summed E-state index contributed by atoms with van der Waals surface area (Å²) >= 11 is 0. The van der Waals surface area contributed by atoms with Gasteiger partial charge >= 0.3 is 0 Å². The van der Waals surface area contributed by atoms with E-state index in [-0.39, 0.29) is 11.8 Å². The molecule has 0 spiro atoms. The van der Waals surface area contributed by atoms with Gasteiger partial charge in [-0.1, -0.05) is 25.1 Å². The third-order valence-electron chi connectivity index (χ3n) is 3.86. The molecule has 1 aliphatic rings. The number of fused-ring (bicyclic) bond motifs is 1. The monoisotopic (exact) mass is 314 g/mol. The number of hydrogen-bond donors (Lipinski definition) is 1. The summed E-state index contributed by atoms with van der Waals surface area (Å²) in [6.45, 7) is 4.34. The van der Waals surface area contributed by atoms with Crippen LogP contribution in [-0.2, 0) is 15.8 Å². The summed E-state index contributed by atoms with van der Waals surface area (Å²) in [5.41, 5.74) is 2.83. The molecule has 1 N–H and O–H groups in total. The Morgan fingerprint density at radius 2 is 1.95 bits per heavy atom. The van der Waals surface area contributed by atoms with Crippen LogP contribution >= 0.6 is 0 Å². The van der Waals surface area contributed by atoms with Crippen LogP contribution in [0.5, 0.6) is 0 Å². The summed E-state index contributed by atoms with van der Waals surface area (Å²) in [6, 6.07) is 15.1. The maximum Gasteiger partial charge on any atom is 0.223 e. The highest BCUT2D eigenvalue weighted by Gasteiger charge is 2.28. The Morgan fingerprint density at radius 1 is 1.23 bits per heavy atom. The fourth-order valence-electron chi connectivity index (χ4n) is 2.73. The minimum absolute atomic E-state index is 0.0434. The highest BCUT2D eigenvalue weighted by atomic mass is 32.2. The van der Waals surface area contributed by atoms with Crippen molar-refractivity contribution in [2.24, 2.45) is 0 Å². The van der Waals surface area contributed by atoms with Gasteiger partial charge in [-0.15, -0.1) is 0 Å². The van der Waals surface area contributed by atoms with Crippen LogP contribution in [0, 0.1) is 0 Å². The van der Waals surface area contributed by atoms with Crippen LogP contribution < -0.4 is 9.62 Å². The lowest BCUT2D eigenvalue weighted by molar-refractivity contribution is -0.116. The molecule has 2 atom stereocenters. The van der Waals surface area contributed by atoms with Crippen LogP contribution in [0.4, 0.5) is 11.4 Å². The van der Waals surface area contributed by atoms with Crippen LogP contribution in [-0.4, -0.2) is 16.7 Å². The Bertz CT molecular complexity index is 731. The van der Waals surface area contributed by atoms with Gasteiger partial charge in [-0.3, -0.25) is 4.79 Å². The molecule has 0 aromatic heterocycles. The zero-order chi connectivity index (χ0) is 15.7. The molecule has 1 amide bonds. The third kappa shape index (κ3) is 2.76. The first-order valence-corrected chi connectivity index (χ1v) is 8.37. The minimum Gasteiger partial charge on any atom is -0.312 e. The number of nitrogens with zero attached hydrogens (tertiary/aromatic N) is 1. The van der Waals surface area contributed by atoms with Crippen molar-refractivity contribution < 1.29 is 9.00 Å². The molecule has 0 saturated heterocycles. The van der Waals surface area contributed by atoms with Crippen molar-refractivity contribution in [1.29, 1.82) is 0 Å². The van der Waals surface area contributed by atoms with Crippen LogP contribution in [0.2, 0.25) is 0 Å². The lowest BCUT2D eigenvalue weighted by atomic mass is 10.0. The van der Waals surface area contributed by atoms with Crippen molar-refractivity contribution in [3.63, 3.8) is 0 Å². The van der Waals surface area contributed by atoms with E-state index in [0.717, 1.165) is 21.8 Å². The van der Waals surface area contributed by atoms with Gasteiger partial charge in [-0.25, -0.2) is 4.21 Å². The first kappa shape index (κ1) is 14.8. The summed E-state index contributed by atoms with van der Waals surface area (Å²) in [4.78, 5) is 14.2. The first-order valence-electron chi connectivity index (χ1n) is 7.22. The van der Waals surface area contributed by atoms with Crippen LogP contribution in [0.1, 0.15) is 25.3 Å². The molecule has 0 bridgehead atoms. The fraction of sp³-hybridized carbons (Fsp3) is 0.235. The predicted octanol–water partition coefficient (Wildman–Crippen LogP) is 3.29. The van der Waals surface area contributed by atoms with E-state index >= 15 is 0 Å². The maximum atomic E-state index is 12.5. The second-order valence-electron chi connectivity index (χ2n) is 5.49. The molecule has 2 aromatic carbocycles. The number of benzene rings is 2. The van der Waals surface area contributed by atoms with Gasteiger partial charge in [0.25, 0.3) is 0 Å². The Kier molecular flexibility index (Phi) is 3.98. The molecule has 0 fully saturated rings. The van der Waals surface area contributed by atoms with Crippen LogP contribution in [0.15, 0.2) is 53.4 Å². The molecule has 0 aliphatic carbocycles. The number of rotatable bonds is 3. The molecule has 5 heteroatoms. The number of nitrogens with one attached hydrogen (secondary N) is 1. The zero-order valence-corrected chi connectivity index (χ0v) is 13.4. The number of para-hydroxylation sites is 1.